The van der Waals surface area contributed by atoms with Gasteiger partial charge in [0, 0.05) is 68.3 Å². The smallest absolute Gasteiger partial charge is 0.308 e. The fourth-order valence-electron chi connectivity index (χ4n) is 6.42. The summed E-state index contributed by atoms with van der Waals surface area (Å²) < 4.78 is 10.6. The third kappa shape index (κ3) is 13.2. The molecule has 51 heavy (non-hydrogen) atoms. The van der Waals surface area contributed by atoms with Crippen molar-refractivity contribution in [2.75, 3.05) is 34.3 Å². The van der Waals surface area contributed by atoms with E-state index < -0.39 is 29.9 Å². The largest absolute Gasteiger partial charge is 0.469 e. The van der Waals surface area contributed by atoms with Gasteiger partial charge in [-0.2, -0.15) is 0 Å². The average molecular weight is 749 g/mol. The predicted octanol–water partition coefficient (Wildman–Crippen LogP) is 4.70. The lowest BCUT2D eigenvalue weighted by Gasteiger charge is -2.33. The number of hydrogen-bond donors (Lipinski definition) is 2. The summed E-state index contributed by atoms with van der Waals surface area (Å²) >= 11 is 2.71. The molecule has 0 unspecified atom stereocenters. The molecule has 0 radical (unpaired) electrons. The van der Waals surface area contributed by atoms with Crippen LogP contribution in [0.2, 0.25) is 0 Å². The average Bonchev–Trinajstić information content (AvgIpc) is 3.74. The second-order valence-corrected chi connectivity index (χ2v) is 15.7. The molecule has 0 aliphatic carbocycles. The number of nitrogens with zero attached hydrogens (tertiary/aromatic N) is 4. The highest BCUT2D eigenvalue weighted by Crippen LogP contribution is 2.31. The van der Waals surface area contributed by atoms with Crippen molar-refractivity contribution in [3.05, 3.63) is 32.2 Å². The van der Waals surface area contributed by atoms with Gasteiger partial charge in [0.1, 0.15) is 10.7 Å². The number of unbranched alkanes of at least 4 members (excludes halogenated alkanes) is 1. The summed E-state index contributed by atoms with van der Waals surface area (Å²) in [6.45, 7) is 10.5. The van der Waals surface area contributed by atoms with E-state index in [1.807, 2.05) is 33.2 Å². The standard InChI is InChI=1S/C36H56N6O7S2/c1-22(2)29(42(7)32(44)14-9-11-15-37-34(46)28-13-10-12-16-41(28)6)19-30(49-25(5)43)35-40-27(21-51-35)33(45)39-26(17-23(3)36(47)48-8)18-31-38-24(4)20-50-31/h20-23,26,28-30H,9-19H2,1-8H3,(H,37,46)(H,39,45)/t23-,26+,28+,29+,30+/m0/s1. The van der Waals surface area contributed by atoms with Crippen molar-refractivity contribution < 1.29 is 33.4 Å². The van der Waals surface area contributed by atoms with Crippen molar-refractivity contribution in [1.29, 1.82) is 0 Å². The van der Waals surface area contributed by atoms with Gasteiger partial charge in [-0.15, -0.1) is 22.7 Å². The number of nitrogens with one attached hydrogen (secondary N) is 2. The Labute approximate surface area is 310 Å². The van der Waals surface area contributed by atoms with Gasteiger partial charge in [-0.1, -0.05) is 27.2 Å². The van der Waals surface area contributed by atoms with Gasteiger partial charge in [0.25, 0.3) is 5.91 Å². The number of aryl methyl sites for hydroxylation is 1. The lowest BCUT2D eigenvalue weighted by Crippen LogP contribution is -2.47. The Morgan fingerprint density at radius 1 is 1.06 bits per heavy atom. The number of likely N-dealkylation sites (tertiary alicyclic amines) is 1. The Kier molecular flexibility index (Phi) is 16.9. The maximum Gasteiger partial charge on any atom is 0.308 e. The first-order valence-corrected chi connectivity index (χ1v) is 19.6. The van der Waals surface area contributed by atoms with Crippen molar-refractivity contribution in [1.82, 2.24) is 30.4 Å². The fraction of sp³-hybridized carbons (Fsp3) is 0.694. The van der Waals surface area contributed by atoms with Crippen LogP contribution in [0.3, 0.4) is 0 Å². The van der Waals surface area contributed by atoms with Crippen LogP contribution in [0.15, 0.2) is 10.8 Å². The van der Waals surface area contributed by atoms with Gasteiger partial charge in [0.05, 0.1) is 24.1 Å². The van der Waals surface area contributed by atoms with Crippen LogP contribution in [-0.4, -0.2) is 102 Å². The molecule has 2 aromatic rings. The van der Waals surface area contributed by atoms with Crippen LogP contribution in [0, 0.1) is 18.8 Å². The first-order chi connectivity index (χ1) is 24.2. The summed E-state index contributed by atoms with van der Waals surface area (Å²) in [5.74, 6) is -1.64. The topological polar surface area (TPSA) is 160 Å². The maximum absolute atomic E-state index is 13.5. The number of ether oxygens (including phenoxy) is 2. The second kappa shape index (κ2) is 20.6. The van der Waals surface area contributed by atoms with E-state index in [1.54, 1.807) is 24.3 Å². The number of carbonyl (C=O) groups is 5. The van der Waals surface area contributed by atoms with E-state index in [-0.39, 0.29) is 41.5 Å². The molecule has 2 aromatic heterocycles. The molecule has 0 aromatic carbocycles. The monoisotopic (exact) mass is 748 g/mol. The summed E-state index contributed by atoms with van der Waals surface area (Å²) in [7, 11) is 5.09. The molecule has 13 nitrogen and oxygen atoms in total. The molecule has 284 valence electrons. The summed E-state index contributed by atoms with van der Waals surface area (Å²) in [5.41, 5.74) is 1.06. The van der Waals surface area contributed by atoms with E-state index in [2.05, 4.69) is 25.5 Å². The van der Waals surface area contributed by atoms with Gasteiger partial charge in [-0.05, 0) is 58.5 Å². The molecule has 2 N–H and O–H groups in total. The number of carbonyl (C=O) groups excluding carboxylic acids is 5. The zero-order valence-corrected chi connectivity index (χ0v) is 33.0. The molecular formula is C36H56N6O7S2. The van der Waals surface area contributed by atoms with Crippen LogP contribution in [0.4, 0.5) is 0 Å². The highest BCUT2D eigenvalue weighted by Gasteiger charge is 2.31. The zero-order valence-electron chi connectivity index (χ0n) is 31.4. The summed E-state index contributed by atoms with van der Waals surface area (Å²) in [6, 6.07) is -0.745. The molecule has 1 saturated heterocycles. The van der Waals surface area contributed by atoms with E-state index in [1.165, 1.54) is 36.7 Å². The Morgan fingerprint density at radius 2 is 1.80 bits per heavy atom. The lowest BCUT2D eigenvalue weighted by molar-refractivity contribution is -0.148. The fourth-order valence-corrected chi connectivity index (χ4v) is 8.11. The van der Waals surface area contributed by atoms with Crippen molar-refractivity contribution in [2.45, 2.75) is 117 Å². The van der Waals surface area contributed by atoms with E-state index in [0.29, 0.717) is 50.1 Å². The maximum atomic E-state index is 13.5. The minimum Gasteiger partial charge on any atom is -0.469 e. The van der Waals surface area contributed by atoms with E-state index in [0.717, 1.165) is 36.5 Å². The van der Waals surface area contributed by atoms with Crippen LogP contribution in [0.5, 0.6) is 0 Å². The molecule has 0 bridgehead atoms. The number of amides is 3. The molecule has 5 atom stereocenters. The third-order valence-electron chi connectivity index (χ3n) is 9.31. The van der Waals surface area contributed by atoms with Gasteiger partial charge in [-0.3, -0.25) is 28.9 Å². The molecule has 3 rings (SSSR count). The number of thiazole rings is 2. The van der Waals surface area contributed by atoms with E-state index in [4.69, 9.17) is 9.47 Å². The van der Waals surface area contributed by atoms with Crippen molar-refractivity contribution in [3.8, 4) is 0 Å². The molecule has 3 heterocycles. The first kappa shape index (κ1) is 42.0. The van der Waals surface area contributed by atoms with Crippen LogP contribution < -0.4 is 10.6 Å². The Balaban J connectivity index is 1.62. The number of likely N-dealkylation sites (N-methyl/N-ethyl adjacent to an activating group) is 1. The third-order valence-corrected chi connectivity index (χ3v) is 11.2. The van der Waals surface area contributed by atoms with Crippen LogP contribution in [0.1, 0.15) is 111 Å². The Hall–Kier alpha value is -3.43. The Morgan fingerprint density at radius 3 is 2.43 bits per heavy atom. The normalized spacial score (nSPS) is 17.2. The summed E-state index contributed by atoms with van der Waals surface area (Å²) in [4.78, 5) is 76.7. The molecule has 15 heteroatoms. The number of hydrogen-bond acceptors (Lipinski definition) is 12. The minimum atomic E-state index is -0.765. The van der Waals surface area contributed by atoms with Crippen LogP contribution in [-0.2, 0) is 35.1 Å². The number of esters is 2. The molecule has 1 aliphatic heterocycles. The van der Waals surface area contributed by atoms with Crippen molar-refractivity contribution >= 4 is 52.3 Å². The van der Waals surface area contributed by atoms with E-state index >= 15 is 0 Å². The number of methoxy groups -OCH3 is 1. The summed E-state index contributed by atoms with van der Waals surface area (Å²) in [5, 5.41) is 10.9. The van der Waals surface area contributed by atoms with Crippen LogP contribution in [0.25, 0.3) is 0 Å². The summed E-state index contributed by atoms with van der Waals surface area (Å²) in [6.07, 6.45) is 5.05. The molecule has 1 fully saturated rings. The lowest BCUT2D eigenvalue weighted by atomic mass is 9.96. The number of aromatic nitrogens is 2. The molecule has 0 saturated carbocycles. The Bertz CT molecular complexity index is 1460. The van der Waals surface area contributed by atoms with Gasteiger partial charge in [0.2, 0.25) is 11.8 Å². The van der Waals surface area contributed by atoms with Gasteiger partial charge in [0.15, 0.2) is 6.10 Å². The highest BCUT2D eigenvalue weighted by atomic mass is 32.1. The SMILES string of the molecule is COC(=O)[C@@H](C)C[C@H](Cc1nc(C)cs1)NC(=O)c1csc([C@@H](C[C@H](C(C)C)N(C)C(=O)CCCCNC(=O)[C@H]2CCCCN2C)OC(C)=O)n1. The molecule has 3 amide bonds. The highest BCUT2D eigenvalue weighted by molar-refractivity contribution is 7.10. The molecular weight excluding hydrogens is 693 g/mol. The predicted molar refractivity (Wildman–Crippen MR) is 197 cm³/mol. The zero-order chi connectivity index (χ0) is 37.7. The van der Waals surface area contributed by atoms with Crippen molar-refractivity contribution in [2.24, 2.45) is 11.8 Å². The first-order valence-electron chi connectivity index (χ1n) is 17.9. The van der Waals surface area contributed by atoms with Gasteiger partial charge in [-0.25, -0.2) is 9.97 Å². The second-order valence-electron chi connectivity index (χ2n) is 13.9. The number of rotatable bonds is 19. The molecule has 1 aliphatic rings. The van der Waals surface area contributed by atoms with Crippen molar-refractivity contribution in [3.63, 3.8) is 0 Å². The minimum absolute atomic E-state index is 0.0320. The van der Waals surface area contributed by atoms with Gasteiger partial charge >= 0.3 is 11.9 Å². The quantitative estimate of drug-likeness (QED) is 0.152. The number of piperidine rings is 1. The van der Waals surface area contributed by atoms with Gasteiger partial charge < -0.3 is 25.0 Å². The van der Waals surface area contributed by atoms with Crippen LogP contribution >= 0.6 is 22.7 Å². The molecule has 0 spiro atoms. The van der Waals surface area contributed by atoms with E-state index in [9.17, 15) is 24.0 Å².